The van der Waals surface area contributed by atoms with Gasteiger partial charge in [0.15, 0.2) is 0 Å². The van der Waals surface area contributed by atoms with Gasteiger partial charge in [0.2, 0.25) is 0 Å². The molecule has 2 unspecified atom stereocenters. The molecule has 2 atom stereocenters. The Morgan fingerprint density at radius 1 is 1.44 bits per heavy atom. The number of hydrogen-bond acceptors (Lipinski definition) is 2. The van der Waals surface area contributed by atoms with Crippen molar-refractivity contribution in [1.29, 1.82) is 0 Å². The largest absolute Gasteiger partial charge is 0.508 e. The summed E-state index contributed by atoms with van der Waals surface area (Å²) in [4.78, 5) is 0. The minimum Gasteiger partial charge on any atom is -0.508 e. The summed E-state index contributed by atoms with van der Waals surface area (Å²) in [7, 11) is 0. The number of rotatable bonds is 3. The summed E-state index contributed by atoms with van der Waals surface area (Å²) in [5.74, 6) is 0.326. The highest BCUT2D eigenvalue weighted by molar-refractivity contribution is 9.09. The molecule has 0 saturated carbocycles. The molecule has 0 bridgehead atoms. The van der Waals surface area contributed by atoms with Gasteiger partial charge in [-0.1, -0.05) is 28.1 Å². The van der Waals surface area contributed by atoms with E-state index in [1.165, 1.54) is 5.56 Å². The van der Waals surface area contributed by atoms with Crippen molar-refractivity contribution in [2.75, 3.05) is 11.9 Å². The average molecular weight is 285 g/mol. The predicted molar refractivity (Wildman–Crippen MR) is 68.1 cm³/mol. The Labute approximate surface area is 105 Å². The zero-order chi connectivity index (χ0) is 11.6. The summed E-state index contributed by atoms with van der Waals surface area (Å²) in [6, 6.07) is 7.48. The van der Waals surface area contributed by atoms with Crippen molar-refractivity contribution < 1.29 is 9.84 Å². The summed E-state index contributed by atoms with van der Waals surface area (Å²) in [5, 5.41) is 10.2. The summed E-state index contributed by atoms with van der Waals surface area (Å²) in [6.07, 6.45) is 2.39. The van der Waals surface area contributed by atoms with Crippen LogP contribution in [0, 0.1) is 5.41 Å². The summed E-state index contributed by atoms with van der Waals surface area (Å²) >= 11 is 3.62. The van der Waals surface area contributed by atoms with E-state index in [0.717, 1.165) is 24.8 Å². The van der Waals surface area contributed by atoms with E-state index in [2.05, 4.69) is 22.9 Å². The first-order valence-electron chi connectivity index (χ1n) is 5.62. The SMILES string of the molecule is CC1OCCC1(CBr)Cc1ccc(O)cc1. The summed E-state index contributed by atoms with van der Waals surface area (Å²) < 4.78 is 5.68. The van der Waals surface area contributed by atoms with Crippen LogP contribution in [0.4, 0.5) is 0 Å². The van der Waals surface area contributed by atoms with Crippen molar-refractivity contribution in [3.63, 3.8) is 0 Å². The van der Waals surface area contributed by atoms with Gasteiger partial charge in [0, 0.05) is 17.4 Å². The van der Waals surface area contributed by atoms with Crippen LogP contribution in [0.5, 0.6) is 5.75 Å². The van der Waals surface area contributed by atoms with Crippen LogP contribution in [0.1, 0.15) is 18.9 Å². The van der Waals surface area contributed by atoms with Crippen LogP contribution in [0.25, 0.3) is 0 Å². The lowest BCUT2D eigenvalue weighted by Gasteiger charge is -2.30. The zero-order valence-electron chi connectivity index (χ0n) is 9.45. The van der Waals surface area contributed by atoms with Crippen molar-refractivity contribution in [3.05, 3.63) is 29.8 Å². The number of phenols is 1. The number of benzene rings is 1. The second kappa shape index (κ2) is 4.76. The van der Waals surface area contributed by atoms with Crippen molar-refractivity contribution in [3.8, 4) is 5.75 Å². The second-order valence-corrected chi connectivity index (χ2v) is 5.16. The molecular weight excluding hydrogens is 268 g/mol. The number of halogens is 1. The van der Waals surface area contributed by atoms with Gasteiger partial charge in [-0.2, -0.15) is 0 Å². The Balaban J connectivity index is 2.15. The van der Waals surface area contributed by atoms with Crippen LogP contribution < -0.4 is 0 Å². The van der Waals surface area contributed by atoms with E-state index in [9.17, 15) is 5.11 Å². The molecule has 1 aromatic carbocycles. The lowest BCUT2D eigenvalue weighted by Crippen LogP contribution is -2.32. The van der Waals surface area contributed by atoms with Gasteiger partial charge >= 0.3 is 0 Å². The highest BCUT2D eigenvalue weighted by Gasteiger charge is 2.40. The molecule has 0 amide bonds. The Morgan fingerprint density at radius 2 is 2.12 bits per heavy atom. The Hall–Kier alpha value is -0.540. The maximum Gasteiger partial charge on any atom is 0.115 e. The third-order valence-corrected chi connectivity index (χ3v) is 4.71. The van der Waals surface area contributed by atoms with Gasteiger partial charge in [-0.15, -0.1) is 0 Å². The van der Waals surface area contributed by atoms with Gasteiger partial charge in [0.1, 0.15) is 5.75 Å². The predicted octanol–water partition coefficient (Wildman–Crippen LogP) is 3.12. The van der Waals surface area contributed by atoms with E-state index >= 15 is 0 Å². The number of phenolic OH excluding ortho intramolecular Hbond substituents is 1. The van der Waals surface area contributed by atoms with Gasteiger partial charge in [-0.3, -0.25) is 0 Å². The van der Waals surface area contributed by atoms with Crippen LogP contribution >= 0.6 is 15.9 Å². The first-order valence-corrected chi connectivity index (χ1v) is 6.74. The molecule has 1 fully saturated rings. The monoisotopic (exact) mass is 284 g/mol. The molecule has 1 N–H and O–H groups in total. The topological polar surface area (TPSA) is 29.5 Å². The zero-order valence-corrected chi connectivity index (χ0v) is 11.0. The lowest BCUT2D eigenvalue weighted by molar-refractivity contribution is 0.0746. The Morgan fingerprint density at radius 3 is 2.62 bits per heavy atom. The van der Waals surface area contributed by atoms with Crippen LogP contribution in [0.15, 0.2) is 24.3 Å². The van der Waals surface area contributed by atoms with E-state index in [0.29, 0.717) is 11.9 Å². The van der Waals surface area contributed by atoms with E-state index in [4.69, 9.17) is 4.74 Å². The van der Waals surface area contributed by atoms with Gasteiger partial charge in [0.05, 0.1) is 6.10 Å². The quantitative estimate of drug-likeness (QED) is 0.865. The molecule has 1 saturated heterocycles. The minimum absolute atomic E-state index is 0.205. The molecule has 2 rings (SSSR count). The number of aromatic hydroxyl groups is 1. The normalized spacial score (nSPS) is 29.5. The van der Waals surface area contributed by atoms with Gasteiger partial charge < -0.3 is 9.84 Å². The number of alkyl halides is 1. The third kappa shape index (κ3) is 2.25. The fourth-order valence-corrected chi connectivity index (χ4v) is 3.23. The first kappa shape index (κ1) is 11.9. The number of ether oxygens (including phenoxy) is 1. The molecule has 1 aromatic rings. The van der Waals surface area contributed by atoms with Crippen LogP contribution in [0.2, 0.25) is 0 Å². The van der Waals surface area contributed by atoms with E-state index in [-0.39, 0.29) is 5.41 Å². The Kier molecular flexibility index (Phi) is 3.55. The Bertz CT molecular complexity index is 349. The highest BCUT2D eigenvalue weighted by Crippen LogP contribution is 2.39. The van der Waals surface area contributed by atoms with Crippen molar-refractivity contribution >= 4 is 15.9 Å². The highest BCUT2D eigenvalue weighted by atomic mass is 79.9. The van der Waals surface area contributed by atoms with Gasteiger partial charge in [-0.25, -0.2) is 0 Å². The first-order chi connectivity index (χ1) is 7.66. The van der Waals surface area contributed by atoms with E-state index < -0.39 is 0 Å². The average Bonchev–Trinajstić information content (AvgIpc) is 2.64. The molecular formula is C13H17BrO2. The lowest BCUT2D eigenvalue weighted by atomic mass is 9.78. The maximum absolute atomic E-state index is 9.26. The molecule has 16 heavy (non-hydrogen) atoms. The molecule has 0 aromatic heterocycles. The van der Waals surface area contributed by atoms with Crippen molar-refractivity contribution in [2.24, 2.45) is 5.41 Å². The number of hydrogen-bond donors (Lipinski definition) is 1. The smallest absolute Gasteiger partial charge is 0.115 e. The van der Waals surface area contributed by atoms with E-state index in [1.807, 2.05) is 12.1 Å². The maximum atomic E-state index is 9.26. The van der Waals surface area contributed by atoms with Crippen molar-refractivity contribution in [2.45, 2.75) is 25.9 Å². The molecule has 1 aliphatic heterocycles. The molecule has 0 aliphatic carbocycles. The molecule has 2 nitrogen and oxygen atoms in total. The standard InChI is InChI=1S/C13H17BrO2/c1-10-13(9-14,6-7-16-10)8-11-2-4-12(15)5-3-11/h2-5,10,15H,6-9H2,1H3. The third-order valence-electron chi connectivity index (χ3n) is 3.59. The van der Waals surface area contributed by atoms with E-state index in [1.54, 1.807) is 12.1 Å². The van der Waals surface area contributed by atoms with Gasteiger partial charge in [0.25, 0.3) is 0 Å². The molecule has 0 spiro atoms. The van der Waals surface area contributed by atoms with Crippen LogP contribution in [-0.4, -0.2) is 23.1 Å². The van der Waals surface area contributed by atoms with Crippen molar-refractivity contribution in [1.82, 2.24) is 0 Å². The molecule has 1 aliphatic rings. The fraction of sp³-hybridized carbons (Fsp3) is 0.538. The molecule has 88 valence electrons. The second-order valence-electron chi connectivity index (χ2n) is 4.60. The summed E-state index contributed by atoms with van der Waals surface area (Å²) in [6.45, 7) is 3.00. The summed E-state index contributed by atoms with van der Waals surface area (Å²) in [5.41, 5.74) is 1.46. The molecule has 1 heterocycles. The molecule has 0 radical (unpaired) electrons. The fourth-order valence-electron chi connectivity index (χ4n) is 2.29. The minimum atomic E-state index is 0.205. The van der Waals surface area contributed by atoms with Crippen LogP contribution in [0.3, 0.4) is 0 Å². The molecule has 3 heteroatoms. The van der Waals surface area contributed by atoms with Gasteiger partial charge in [-0.05, 0) is 37.5 Å². The van der Waals surface area contributed by atoms with Crippen LogP contribution in [-0.2, 0) is 11.2 Å².